The number of ether oxygens (including phenoxy) is 2. The van der Waals surface area contributed by atoms with Crippen LogP contribution in [0.25, 0.3) is 11.4 Å². The lowest BCUT2D eigenvalue weighted by Gasteiger charge is -2.35. The van der Waals surface area contributed by atoms with Crippen molar-refractivity contribution in [2.45, 2.75) is 19.1 Å². The second kappa shape index (κ2) is 10.0. The highest BCUT2D eigenvalue weighted by atomic mass is 16.6. The molecule has 178 valence electrons. The predicted octanol–water partition coefficient (Wildman–Crippen LogP) is 1.20. The number of carbonyl (C=O) groups excluding carboxylic acids is 3. The Morgan fingerprint density at radius 2 is 2.03 bits per heavy atom. The number of amides is 2. The third-order valence-corrected chi connectivity index (χ3v) is 5.10. The highest BCUT2D eigenvalue weighted by molar-refractivity contribution is 6.04. The maximum atomic E-state index is 13.2. The Bertz CT molecular complexity index is 1360. The Morgan fingerprint density at radius 3 is 2.69 bits per heavy atom. The van der Waals surface area contributed by atoms with E-state index in [-0.39, 0.29) is 19.0 Å². The first-order chi connectivity index (χ1) is 16.9. The number of morpholine rings is 1. The van der Waals surface area contributed by atoms with Crippen molar-refractivity contribution in [2.24, 2.45) is 0 Å². The van der Waals surface area contributed by atoms with Crippen LogP contribution in [0.2, 0.25) is 0 Å². The van der Waals surface area contributed by atoms with Gasteiger partial charge in [-0.15, -0.1) is 0 Å². The maximum absolute atomic E-state index is 13.2. The van der Waals surface area contributed by atoms with Crippen molar-refractivity contribution in [1.29, 1.82) is 5.26 Å². The minimum atomic E-state index is -1.56. The van der Waals surface area contributed by atoms with Gasteiger partial charge in [-0.3, -0.25) is 23.9 Å². The van der Waals surface area contributed by atoms with Gasteiger partial charge in [0.25, 0.3) is 11.8 Å². The van der Waals surface area contributed by atoms with Crippen molar-refractivity contribution in [3.63, 3.8) is 0 Å². The number of nitriles is 1. The van der Waals surface area contributed by atoms with Gasteiger partial charge >= 0.3 is 11.7 Å². The summed E-state index contributed by atoms with van der Waals surface area (Å²) in [5.41, 5.74) is 1.70. The molecule has 0 saturated carbocycles. The number of nitrogens with zero attached hydrogens (tertiary/aromatic N) is 3. The monoisotopic (exact) mass is 477 g/mol. The van der Waals surface area contributed by atoms with E-state index in [1.54, 1.807) is 36.4 Å². The zero-order chi connectivity index (χ0) is 24.9. The average Bonchev–Trinajstić information content (AvgIpc) is 3.29. The molecule has 3 aromatic rings. The molecule has 1 saturated heterocycles. The lowest BCUT2D eigenvalue weighted by atomic mass is 10.1. The summed E-state index contributed by atoms with van der Waals surface area (Å²) >= 11 is 0. The molecule has 35 heavy (non-hydrogen) atoms. The molecule has 0 spiro atoms. The standard InChI is InChI=1S/C23H19N5O7/c1-13(29)34-18(19-22(31)28(9-10-33-19)17-4-2-3-14(11-17)12-24)21(30)25-16-7-5-15(6-8-16)20-26-23(32)35-27-20/h2-8,11,18-19H,9-10H2,1H3,(H,25,30)(H,26,27,32)/t18-,19-/m1/s1. The molecule has 2 atom stereocenters. The van der Waals surface area contributed by atoms with Crippen LogP contribution in [0.3, 0.4) is 0 Å². The summed E-state index contributed by atoms with van der Waals surface area (Å²) in [6.07, 6.45) is -2.95. The molecule has 4 rings (SSSR count). The Balaban J connectivity index is 1.53. The van der Waals surface area contributed by atoms with Crippen LogP contribution in [0.5, 0.6) is 0 Å². The number of H-pyrrole nitrogens is 1. The van der Waals surface area contributed by atoms with E-state index in [1.807, 2.05) is 6.07 Å². The Hall–Kier alpha value is -4.76. The number of nitrogens with one attached hydrogen (secondary N) is 2. The number of carbonyl (C=O) groups is 3. The van der Waals surface area contributed by atoms with Gasteiger partial charge in [-0.25, -0.2) is 4.79 Å². The molecule has 2 aromatic carbocycles. The molecule has 2 heterocycles. The van der Waals surface area contributed by atoms with E-state index >= 15 is 0 Å². The molecule has 1 fully saturated rings. The quantitative estimate of drug-likeness (QED) is 0.496. The number of aromatic nitrogens is 2. The first-order valence-electron chi connectivity index (χ1n) is 10.4. The van der Waals surface area contributed by atoms with Crippen LogP contribution in [0, 0.1) is 11.3 Å². The molecule has 0 aliphatic carbocycles. The van der Waals surface area contributed by atoms with Crippen molar-refractivity contribution in [3.8, 4) is 17.5 Å². The topological polar surface area (TPSA) is 168 Å². The van der Waals surface area contributed by atoms with E-state index in [4.69, 9.17) is 14.7 Å². The van der Waals surface area contributed by atoms with Crippen LogP contribution < -0.4 is 16.0 Å². The van der Waals surface area contributed by atoms with Gasteiger partial charge in [0.05, 0.1) is 18.2 Å². The minimum Gasteiger partial charge on any atom is -0.449 e. The SMILES string of the molecule is CC(=O)O[C@@H](C(=O)Nc1ccc(-c2noc(=O)[nH]2)cc1)[C@H]1OCCN(c2cccc(C#N)c2)C1=O. The number of hydrogen-bond donors (Lipinski definition) is 2. The largest absolute Gasteiger partial charge is 0.449 e. The molecular weight excluding hydrogens is 458 g/mol. The second-order valence-electron chi connectivity index (χ2n) is 7.48. The molecule has 0 bridgehead atoms. The van der Waals surface area contributed by atoms with Gasteiger partial charge in [0.2, 0.25) is 6.10 Å². The van der Waals surface area contributed by atoms with Gasteiger partial charge < -0.3 is 19.7 Å². The molecule has 0 radical (unpaired) electrons. The van der Waals surface area contributed by atoms with Crippen molar-refractivity contribution in [1.82, 2.24) is 10.1 Å². The average molecular weight is 477 g/mol. The lowest BCUT2D eigenvalue weighted by Crippen LogP contribution is -2.56. The van der Waals surface area contributed by atoms with Crippen LogP contribution >= 0.6 is 0 Å². The molecule has 1 aliphatic rings. The van der Waals surface area contributed by atoms with Gasteiger partial charge in [0.15, 0.2) is 11.9 Å². The zero-order valence-electron chi connectivity index (χ0n) is 18.4. The number of hydrogen-bond acceptors (Lipinski definition) is 9. The van der Waals surface area contributed by atoms with Crippen molar-refractivity contribution < 1.29 is 28.4 Å². The zero-order valence-corrected chi connectivity index (χ0v) is 18.4. The van der Waals surface area contributed by atoms with Crippen LogP contribution in [-0.2, 0) is 23.9 Å². The molecule has 1 aromatic heterocycles. The summed E-state index contributed by atoms with van der Waals surface area (Å²) in [7, 11) is 0. The van der Waals surface area contributed by atoms with Crippen molar-refractivity contribution in [2.75, 3.05) is 23.4 Å². The summed E-state index contributed by atoms with van der Waals surface area (Å²) in [6.45, 7) is 1.41. The molecular formula is C23H19N5O7. The highest BCUT2D eigenvalue weighted by Crippen LogP contribution is 2.24. The number of esters is 1. The number of rotatable bonds is 6. The summed E-state index contributed by atoms with van der Waals surface area (Å²) < 4.78 is 15.2. The van der Waals surface area contributed by atoms with E-state index in [0.29, 0.717) is 22.5 Å². The van der Waals surface area contributed by atoms with Crippen LogP contribution in [0.1, 0.15) is 12.5 Å². The van der Waals surface area contributed by atoms with Gasteiger partial charge in [-0.1, -0.05) is 11.2 Å². The predicted molar refractivity (Wildman–Crippen MR) is 120 cm³/mol. The normalized spacial score (nSPS) is 16.3. The van der Waals surface area contributed by atoms with E-state index in [1.165, 1.54) is 17.0 Å². The van der Waals surface area contributed by atoms with E-state index in [2.05, 4.69) is 20.0 Å². The van der Waals surface area contributed by atoms with Crippen LogP contribution in [0.15, 0.2) is 57.8 Å². The first kappa shape index (κ1) is 23.4. The summed E-state index contributed by atoms with van der Waals surface area (Å²) in [6, 6.07) is 14.7. The van der Waals surface area contributed by atoms with E-state index in [9.17, 15) is 19.2 Å². The lowest BCUT2D eigenvalue weighted by molar-refractivity contribution is -0.167. The van der Waals surface area contributed by atoms with Crippen LogP contribution in [0.4, 0.5) is 11.4 Å². The third-order valence-electron chi connectivity index (χ3n) is 5.10. The van der Waals surface area contributed by atoms with Crippen LogP contribution in [-0.4, -0.2) is 53.3 Å². The molecule has 12 heteroatoms. The Labute approximate surface area is 198 Å². The number of aromatic amines is 1. The minimum absolute atomic E-state index is 0.0861. The van der Waals surface area contributed by atoms with Gasteiger partial charge in [-0.05, 0) is 42.5 Å². The third kappa shape index (κ3) is 5.26. The Kier molecular flexibility index (Phi) is 6.70. The van der Waals surface area contributed by atoms with Gasteiger partial charge in [0, 0.05) is 30.4 Å². The number of benzene rings is 2. The molecule has 2 amide bonds. The molecule has 2 N–H and O–H groups in total. The van der Waals surface area contributed by atoms with Crippen molar-refractivity contribution in [3.05, 3.63) is 64.6 Å². The smallest absolute Gasteiger partial charge is 0.439 e. The summed E-state index contributed by atoms with van der Waals surface area (Å²) in [5, 5.41) is 15.3. The first-order valence-corrected chi connectivity index (χ1v) is 10.4. The maximum Gasteiger partial charge on any atom is 0.439 e. The number of anilines is 2. The second-order valence-corrected chi connectivity index (χ2v) is 7.48. The summed E-state index contributed by atoms with van der Waals surface area (Å²) in [4.78, 5) is 52.9. The summed E-state index contributed by atoms with van der Waals surface area (Å²) in [5.74, 6) is -2.61. The molecule has 12 nitrogen and oxygen atoms in total. The molecule has 0 unspecified atom stereocenters. The van der Waals surface area contributed by atoms with Gasteiger partial charge in [-0.2, -0.15) is 5.26 Å². The Morgan fingerprint density at radius 1 is 1.26 bits per heavy atom. The van der Waals surface area contributed by atoms with Gasteiger partial charge in [0.1, 0.15) is 0 Å². The fourth-order valence-electron chi connectivity index (χ4n) is 3.53. The van der Waals surface area contributed by atoms with E-state index in [0.717, 1.165) is 6.92 Å². The van der Waals surface area contributed by atoms with E-state index < -0.39 is 35.7 Å². The fourth-order valence-corrected chi connectivity index (χ4v) is 3.53. The van der Waals surface area contributed by atoms with Crippen molar-refractivity contribution >= 4 is 29.2 Å². The highest BCUT2D eigenvalue weighted by Gasteiger charge is 2.42. The molecule has 1 aliphatic heterocycles. The fraction of sp³-hybridized carbons (Fsp3) is 0.217.